The predicted octanol–water partition coefficient (Wildman–Crippen LogP) is 2.40. The van der Waals surface area contributed by atoms with Crippen molar-refractivity contribution in [2.24, 2.45) is 11.7 Å². The molecule has 2 rings (SSSR count). The summed E-state index contributed by atoms with van der Waals surface area (Å²) in [6.45, 7) is 3.71. The molecule has 0 aromatic heterocycles. The maximum absolute atomic E-state index is 12.1. The van der Waals surface area contributed by atoms with E-state index in [-0.39, 0.29) is 24.4 Å². The number of hydrogen-bond acceptors (Lipinski definition) is 3. The first kappa shape index (κ1) is 16.3. The van der Waals surface area contributed by atoms with Gasteiger partial charge in [-0.1, -0.05) is 18.2 Å². The molecule has 1 aromatic carbocycles. The van der Waals surface area contributed by atoms with E-state index < -0.39 is 0 Å². The number of nitrogens with zero attached hydrogens (tertiary/aromatic N) is 1. The van der Waals surface area contributed by atoms with Crippen LogP contribution in [0, 0.1) is 5.92 Å². The highest BCUT2D eigenvalue weighted by Crippen LogP contribution is 2.22. The zero-order valence-electron chi connectivity index (χ0n) is 11.1. The largest absolute Gasteiger partial charge is 0.342 e. The molecule has 0 spiro atoms. The van der Waals surface area contributed by atoms with Crippen molar-refractivity contribution in [3.05, 3.63) is 30.3 Å². The molecule has 0 saturated carbocycles. The predicted molar refractivity (Wildman–Crippen MR) is 82.8 cm³/mol. The average Bonchev–Trinajstić information content (AvgIpc) is 2.87. The van der Waals surface area contributed by atoms with Gasteiger partial charge in [-0.25, -0.2) is 0 Å². The molecule has 2 atom stereocenters. The van der Waals surface area contributed by atoms with Crippen LogP contribution < -0.4 is 5.73 Å². The number of benzene rings is 1. The summed E-state index contributed by atoms with van der Waals surface area (Å²) in [6, 6.07) is 10.2. The second-order valence-electron chi connectivity index (χ2n) is 4.85. The highest BCUT2D eigenvalue weighted by atomic mass is 35.5. The Hall–Kier alpha value is -0.710. The summed E-state index contributed by atoms with van der Waals surface area (Å²) in [5.74, 6) is 1.22. The van der Waals surface area contributed by atoms with Crippen LogP contribution in [-0.4, -0.2) is 35.7 Å². The van der Waals surface area contributed by atoms with E-state index in [4.69, 9.17) is 5.73 Å². The third kappa shape index (κ3) is 4.71. The number of hydrogen-bond donors (Lipinski definition) is 1. The zero-order chi connectivity index (χ0) is 13.0. The molecule has 1 saturated heterocycles. The monoisotopic (exact) mass is 300 g/mol. The Bertz CT molecular complexity index is 400. The van der Waals surface area contributed by atoms with E-state index in [0.29, 0.717) is 11.7 Å². The van der Waals surface area contributed by atoms with E-state index >= 15 is 0 Å². The summed E-state index contributed by atoms with van der Waals surface area (Å²) in [7, 11) is 0. The number of likely N-dealkylation sites (tertiary alicyclic amines) is 1. The summed E-state index contributed by atoms with van der Waals surface area (Å²) < 4.78 is 0. The normalized spacial score (nSPS) is 19.9. The van der Waals surface area contributed by atoms with Crippen molar-refractivity contribution >= 4 is 30.1 Å². The minimum absolute atomic E-state index is 0. The third-order valence-corrected chi connectivity index (χ3v) is 4.42. The van der Waals surface area contributed by atoms with Crippen LogP contribution in [0.25, 0.3) is 0 Å². The van der Waals surface area contributed by atoms with Gasteiger partial charge >= 0.3 is 0 Å². The van der Waals surface area contributed by atoms with Gasteiger partial charge in [-0.3, -0.25) is 4.79 Å². The van der Waals surface area contributed by atoms with Gasteiger partial charge in [-0.05, 0) is 31.4 Å². The molecule has 106 valence electrons. The summed E-state index contributed by atoms with van der Waals surface area (Å²) in [5.41, 5.74) is 5.88. The van der Waals surface area contributed by atoms with Crippen molar-refractivity contribution in [1.82, 2.24) is 4.90 Å². The van der Waals surface area contributed by atoms with Gasteiger partial charge in [0.25, 0.3) is 0 Å². The number of rotatable bonds is 4. The van der Waals surface area contributed by atoms with Gasteiger partial charge in [0.15, 0.2) is 0 Å². The number of carbonyl (C=O) groups is 1. The molecule has 0 radical (unpaired) electrons. The van der Waals surface area contributed by atoms with Gasteiger partial charge in [0.05, 0.1) is 5.75 Å². The van der Waals surface area contributed by atoms with Gasteiger partial charge < -0.3 is 10.6 Å². The molecule has 1 amide bonds. The van der Waals surface area contributed by atoms with Crippen LogP contribution in [0.3, 0.4) is 0 Å². The highest BCUT2D eigenvalue weighted by Gasteiger charge is 2.27. The molecule has 0 bridgehead atoms. The standard InChI is InChI=1S/C14H20N2OS.ClH/c1-11(15)12-7-8-16(9-12)14(17)10-18-13-5-3-2-4-6-13;/h2-6,11-12H,7-10,15H2,1H3;1H. The third-order valence-electron chi connectivity index (χ3n) is 3.43. The molecule has 1 heterocycles. The Kier molecular flexibility index (Phi) is 6.69. The van der Waals surface area contributed by atoms with Crippen molar-refractivity contribution in [3.8, 4) is 0 Å². The van der Waals surface area contributed by atoms with Crippen LogP contribution in [0.1, 0.15) is 13.3 Å². The molecule has 1 fully saturated rings. The van der Waals surface area contributed by atoms with E-state index in [1.165, 1.54) is 0 Å². The summed E-state index contributed by atoms with van der Waals surface area (Å²) in [5, 5.41) is 0. The van der Waals surface area contributed by atoms with Crippen LogP contribution in [0.15, 0.2) is 35.2 Å². The van der Waals surface area contributed by atoms with Gasteiger partial charge in [0, 0.05) is 24.0 Å². The first-order chi connectivity index (χ1) is 8.66. The Morgan fingerprint density at radius 3 is 2.74 bits per heavy atom. The minimum atomic E-state index is 0. The lowest BCUT2D eigenvalue weighted by Gasteiger charge is -2.17. The maximum atomic E-state index is 12.1. The highest BCUT2D eigenvalue weighted by molar-refractivity contribution is 8.00. The lowest BCUT2D eigenvalue weighted by molar-refractivity contribution is -0.127. The topological polar surface area (TPSA) is 46.3 Å². The SMILES string of the molecule is CC(N)C1CCN(C(=O)CSc2ccccc2)C1.Cl. The van der Waals surface area contributed by atoms with Crippen molar-refractivity contribution in [3.63, 3.8) is 0 Å². The molecule has 19 heavy (non-hydrogen) atoms. The first-order valence-corrected chi connectivity index (χ1v) is 7.36. The second-order valence-corrected chi connectivity index (χ2v) is 5.90. The fraction of sp³-hybridized carbons (Fsp3) is 0.500. The van der Waals surface area contributed by atoms with E-state index in [1.54, 1.807) is 11.8 Å². The Morgan fingerprint density at radius 1 is 1.47 bits per heavy atom. The van der Waals surface area contributed by atoms with Crippen molar-refractivity contribution < 1.29 is 4.79 Å². The molecule has 2 N–H and O–H groups in total. The number of amides is 1. The summed E-state index contributed by atoms with van der Waals surface area (Å²) in [6.07, 6.45) is 1.04. The molecule has 2 unspecified atom stereocenters. The number of halogens is 1. The molecular weight excluding hydrogens is 280 g/mol. The van der Waals surface area contributed by atoms with Crippen molar-refractivity contribution in [2.75, 3.05) is 18.8 Å². The number of thioether (sulfide) groups is 1. The summed E-state index contributed by atoms with van der Waals surface area (Å²) >= 11 is 1.60. The lowest BCUT2D eigenvalue weighted by atomic mass is 10.0. The second kappa shape index (κ2) is 7.78. The van der Waals surface area contributed by atoms with Gasteiger partial charge in [0.2, 0.25) is 5.91 Å². The first-order valence-electron chi connectivity index (χ1n) is 6.38. The fourth-order valence-corrected chi connectivity index (χ4v) is 3.02. The van der Waals surface area contributed by atoms with Crippen LogP contribution >= 0.6 is 24.2 Å². The van der Waals surface area contributed by atoms with E-state index in [0.717, 1.165) is 24.4 Å². The lowest BCUT2D eigenvalue weighted by Crippen LogP contribution is -2.33. The van der Waals surface area contributed by atoms with E-state index in [9.17, 15) is 4.79 Å². The van der Waals surface area contributed by atoms with Gasteiger partial charge in [-0.15, -0.1) is 24.2 Å². The van der Waals surface area contributed by atoms with Crippen LogP contribution in [-0.2, 0) is 4.79 Å². The Balaban J connectivity index is 0.00000180. The maximum Gasteiger partial charge on any atom is 0.232 e. The average molecular weight is 301 g/mol. The molecule has 5 heteroatoms. The van der Waals surface area contributed by atoms with Gasteiger partial charge in [0.1, 0.15) is 0 Å². The fourth-order valence-electron chi connectivity index (χ4n) is 2.20. The van der Waals surface area contributed by atoms with Crippen LogP contribution in [0.4, 0.5) is 0 Å². The van der Waals surface area contributed by atoms with Crippen LogP contribution in [0.2, 0.25) is 0 Å². The molecule has 1 aliphatic heterocycles. The van der Waals surface area contributed by atoms with E-state index in [2.05, 4.69) is 0 Å². The van der Waals surface area contributed by atoms with Crippen molar-refractivity contribution in [1.29, 1.82) is 0 Å². The van der Waals surface area contributed by atoms with Crippen LogP contribution in [0.5, 0.6) is 0 Å². The zero-order valence-corrected chi connectivity index (χ0v) is 12.8. The molecular formula is C14H21ClN2OS. The quantitative estimate of drug-likeness (QED) is 0.869. The summed E-state index contributed by atoms with van der Waals surface area (Å²) in [4.78, 5) is 15.1. The minimum Gasteiger partial charge on any atom is -0.342 e. The Morgan fingerprint density at radius 2 is 2.16 bits per heavy atom. The van der Waals surface area contributed by atoms with Crippen molar-refractivity contribution in [2.45, 2.75) is 24.3 Å². The molecule has 1 aliphatic rings. The number of nitrogens with two attached hydrogens (primary N) is 1. The molecule has 0 aliphatic carbocycles. The smallest absolute Gasteiger partial charge is 0.232 e. The molecule has 1 aromatic rings. The van der Waals surface area contributed by atoms with Gasteiger partial charge in [-0.2, -0.15) is 0 Å². The van der Waals surface area contributed by atoms with E-state index in [1.807, 2.05) is 42.2 Å². The molecule has 3 nitrogen and oxygen atoms in total. The Labute approximate surface area is 125 Å². The number of carbonyl (C=O) groups excluding carboxylic acids is 1.